The lowest BCUT2D eigenvalue weighted by atomic mass is 10.2. The summed E-state index contributed by atoms with van der Waals surface area (Å²) in [5.41, 5.74) is 15.3. The molecule has 0 aliphatic heterocycles. The van der Waals surface area contributed by atoms with E-state index in [9.17, 15) is 23.2 Å². The fourth-order valence-corrected chi connectivity index (χ4v) is 2.02. The van der Waals surface area contributed by atoms with Crippen LogP contribution in [0.1, 0.15) is 36.7 Å². The summed E-state index contributed by atoms with van der Waals surface area (Å²) in [5.74, 6) is 1.99. The number of hydrazone groups is 1. The number of benzene rings is 2. The minimum absolute atomic E-state index is 0.0246. The Balaban J connectivity index is 0. The third kappa shape index (κ3) is 21.2. The first-order chi connectivity index (χ1) is 18.1. The Morgan fingerprint density at radius 2 is 1.26 bits per heavy atom. The number of nitrogens with zero attached hydrogens (tertiary/aromatic N) is 1. The van der Waals surface area contributed by atoms with Gasteiger partial charge in [-0.1, -0.05) is 6.07 Å². The lowest BCUT2D eigenvalue weighted by Gasteiger charge is -2.04. The molecule has 11 N–H and O–H groups in total. The molecule has 0 aliphatic carbocycles. The Labute approximate surface area is 233 Å². The van der Waals surface area contributed by atoms with Crippen molar-refractivity contribution in [3.05, 3.63) is 59.2 Å². The van der Waals surface area contributed by atoms with Crippen molar-refractivity contribution in [1.29, 1.82) is 0 Å². The number of amides is 2. The molecule has 0 aromatic heterocycles. The van der Waals surface area contributed by atoms with Gasteiger partial charge < -0.3 is 32.6 Å². The van der Waals surface area contributed by atoms with Crippen LogP contribution in [0.2, 0.25) is 0 Å². The summed E-state index contributed by atoms with van der Waals surface area (Å²) in [6.45, 7) is 3.67. The molecule has 2 aromatic carbocycles. The molecule has 0 spiro atoms. The SMILES string of the molecule is CC(=O)Nc1ccc(/C=N/NC(N)=S)cc1F.CC(=O)Nc1ccc(C=O)cc1F.CC(=O)O.NNC(N)=S. The minimum atomic E-state index is -0.833. The van der Waals surface area contributed by atoms with Gasteiger partial charge in [-0.15, -0.1) is 0 Å². The average Bonchev–Trinajstić information content (AvgIpc) is 2.82. The molecule has 0 aliphatic rings. The third-order valence-electron chi connectivity index (χ3n) is 3.27. The van der Waals surface area contributed by atoms with Crippen molar-refractivity contribution >= 4 is 76.3 Å². The van der Waals surface area contributed by atoms with E-state index < -0.39 is 17.6 Å². The van der Waals surface area contributed by atoms with Gasteiger partial charge in [0.05, 0.1) is 17.6 Å². The zero-order valence-electron chi connectivity index (χ0n) is 21.0. The van der Waals surface area contributed by atoms with E-state index in [0.717, 1.165) is 13.0 Å². The second-order valence-electron chi connectivity index (χ2n) is 6.72. The molecule has 0 saturated carbocycles. The largest absolute Gasteiger partial charge is 0.481 e. The van der Waals surface area contributed by atoms with E-state index in [1.807, 2.05) is 5.43 Å². The minimum Gasteiger partial charge on any atom is -0.481 e. The summed E-state index contributed by atoms with van der Waals surface area (Å²) in [6.07, 6.45) is 1.90. The lowest BCUT2D eigenvalue weighted by Crippen LogP contribution is -2.34. The molecular weight excluding hydrogens is 558 g/mol. The second kappa shape index (κ2) is 20.4. The van der Waals surface area contributed by atoms with E-state index in [4.69, 9.17) is 21.4 Å². The Morgan fingerprint density at radius 3 is 1.56 bits per heavy atom. The predicted molar refractivity (Wildman–Crippen MR) is 152 cm³/mol. The van der Waals surface area contributed by atoms with E-state index in [2.05, 4.69) is 51.4 Å². The maximum absolute atomic E-state index is 13.4. The van der Waals surface area contributed by atoms with Gasteiger partial charge in [-0.3, -0.25) is 24.6 Å². The van der Waals surface area contributed by atoms with Crippen LogP contribution in [0.4, 0.5) is 20.2 Å². The number of carbonyl (C=O) groups is 4. The molecule has 13 nitrogen and oxygen atoms in total. The van der Waals surface area contributed by atoms with Gasteiger partial charge in [-0.05, 0) is 60.3 Å². The van der Waals surface area contributed by atoms with Crippen molar-refractivity contribution in [2.75, 3.05) is 10.6 Å². The molecule has 0 fully saturated rings. The number of hydrogen-bond acceptors (Lipinski definition) is 8. The summed E-state index contributed by atoms with van der Waals surface area (Å²) in [5, 5.41) is 15.9. The van der Waals surface area contributed by atoms with E-state index >= 15 is 0 Å². The van der Waals surface area contributed by atoms with Gasteiger partial charge in [0.15, 0.2) is 10.2 Å². The summed E-state index contributed by atoms with van der Waals surface area (Å²) < 4.78 is 26.5. The van der Waals surface area contributed by atoms with Crippen LogP contribution in [0.15, 0.2) is 41.5 Å². The van der Waals surface area contributed by atoms with Crippen LogP contribution in [0.25, 0.3) is 0 Å². The Kier molecular flexibility index (Phi) is 19.2. The van der Waals surface area contributed by atoms with Crippen molar-refractivity contribution in [3.8, 4) is 0 Å². The normalized spacial score (nSPS) is 9.08. The topological polar surface area (TPSA) is 227 Å². The van der Waals surface area contributed by atoms with Crippen LogP contribution < -0.4 is 38.8 Å². The van der Waals surface area contributed by atoms with Gasteiger partial charge in [0, 0.05) is 26.3 Å². The average molecular weight is 587 g/mol. The summed E-state index contributed by atoms with van der Waals surface area (Å²) >= 11 is 8.77. The molecule has 2 aromatic rings. The second-order valence-corrected chi connectivity index (χ2v) is 7.60. The number of nitrogens with one attached hydrogen (secondary N) is 4. The van der Waals surface area contributed by atoms with Crippen molar-refractivity contribution in [1.82, 2.24) is 10.9 Å². The van der Waals surface area contributed by atoms with Gasteiger partial charge in [-0.2, -0.15) is 5.10 Å². The van der Waals surface area contributed by atoms with E-state index in [-0.39, 0.29) is 39.0 Å². The van der Waals surface area contributed by atoms with Crippen molar-refractivity contribution in [3.63, 3.8) is 0 Å². The van der Waals surface area contributed by atoms with Crippen LogP contribution in [0.5, 0.6) is 0 Å². The van der Waals surface area contributed by atoms with Crippen molar-refractivity contribution < 1.29 is 33.1 Å². The van der Waals surface area contributed by atoms with Gasteiger partial charge in [0.25, 0.3) is 5.97 Å². The Hall–Kier alpha value is -4.61. The number of aldehydes is 1. The van der Waals surface area contributed by atoms with Crippen LogP contribution in [0, 0.1) is 11.6 Å². The summed E-state index contributed by atoms with van der Waals surface area (Å²) in [7, 11) is 0. The number of hydrogen-bond donors (Lipinski definition) is 8. The van der Waals surface area contributed by atoms with Gasteiger partial charge >= 0.3 is 0 Å². The quantitative estimate of drug-likeness (QED) is 0.0816. The fraction of sp³-hybridized carbons (Fsp3) is 0.136. The molecule has 0 saturated heterocycles. The molecule has 212 valence electrons. The molecular formula is C22H28F2N8O5S2. The maximum Gasteiger partial charge on any atom is 0.300 e. The number of halogens is 2. The Bertz CT molecular complexity index is 1200. The van der Waals surface area contributed by atoms with Crippen LogP contribution in [-0.2, 0) is 14.4 Å². The highest BCUT2D eigenvalue weighted by atomic mass is 32.1. The standard InChI is InChI=1S/C10H11FN4OS.C9H8FNO2.C2H4O2.CH5N3S/c1-6(16)14-9-3-2-7(4-8(9)11)5-13-15-10(12)17;1-6(13)11-9-3-2-7(5-12)4-8(9)10;1-2(3)4;2-1(5)4-3/h2-5H,1H3,(H,14,16)(H3,12,15,17);2-5H,1H3,(H,11,13);1H3,(H,3,4);3H2,(H3,2,4,5)/b13-5+;;;. The molecule has 2 rings (SSSR count). The molecule has 0 radical (unpaired) electrons. The van der Waals surface area contributed by atoms with Crippen LogP contribution in [-0.4, -0.2) is 45.6 Å². The number of nitrogens with two attached hydrogens (primary N) is 3. The predicted octanol–water partition coefficient (Wildman–Crippen LogP) is 1.33. The number of carbonyl (C=O) groups excluding carboxylic acids is 3. The number of carboxylic acids is 1. The Morgan fingerprint density at radius 1 is 0.872 bits per heavy atom. The van der Waals surface area contributed by atoms with E-state index in [0.29, 0.717) is 11.8 Å². The fourth-order valence-electron chi connectivity index (χ4n) is 1.97. The molecule has 17 heteroatoms. The molecule has 0 unspecified atom stereocenters. The van der Waals surface area contributed by atoms with E-state index in [1.54, 1.807) is 6.07 Å². The number of anilines is 2. The first kappa shape index (κ1) is 36.5. The zero-order valence-corrected chi connectivity index (χ0v) is 22.6. The molecule has 39 heavy (non-hydrogen) atoms. The maximum atomic E-state index is 13.4. The zero-order chi connectivity index (χ0) is 30.5. The number of aliphatic carboxylic acids is 1. The smallest absolute Gasteiger partial charge is 0.300 e. The molecule has 2 amide bonds. The van der Waals surface area contributed by atoms with Crippen LogP contribution in [0.3, 0.4) is 0 Å². The monoisotopic (exact) mass is 586 g/mol. The molecule has 0 atom stereocenters. The highest BCUT2D eigenvalue weighted by molar-refractivity contribution is 7.80. The van der Waals surface area contributed by atoms with Gasteiger partial charge in [-0.25, -0.2) is 14.6 Å². The first-order valence-corrected chi connectivity index (χ1v) is 11.1. The number of thiocarbonyl (C=S) groups is 2. The summed E-state index contributed by atoms with van der Waals surface area (Å²) in [4.78, 5) is 40.6. The first-order valence-electron chi connectivity index (χ1n) is 10.3. The van der Waals surface area contributed by atoms with Gasteiger partial charge in [0.1, 0.15) is 17.9 Å². The number of carboxylic acid groups (broad SMARTS) is 1. The third-order valence-corrected chi connectivity index (χ3v) is 3.48. The summed E-state index contributed by atoms with van der Waals surface area (Å²) in [6, 6.07) is 8.12. The molecule has 0 heterocycles. The lowest BCUT2D eigenvalue weighted by molar-refractivity contribution is -0.134. The van der Waals surface area contributed by atoms with E-state index in [1.165, 1.54) is 44.3 Å². The number of hydrazine groups is 1. The van der Waals surface area contributed by atoms with Crippen molar-refractivity contribution in [2.24, 2.45) is 22.4 Å². The number of rotatable bonds is 5. The van der Waals surface area contributed by atoms with Gasteiger partial charge in [0.2, 0.25) is 11.8 Å². The van der Waals surface area contributed by atoms with Crippen molar-refractivity contribution in [2.45, 2.75) is 20.8 Å². The molecule has 0 bridgehead atoms. The van der Waals surface area contributed by atoms with Crippen LogP contribution >= 0.6 is 24.4 Å². The highest BCUT2D eigenvalue weighted by Crippen LogP contribution is 2.15. The highest BCUT2D eigenvalue weighted by Gasteiger charge is 2.04.